The second-order valence-electron chi connectivity index (χ2n) is 6.52. The summed E-state index contributed by atoms with van der Waals surface area (Å²) in [6, 6.07) is 7.40. The minimum absolute atomic E-state index is 0.177. The first-order valence-corrected chi connectivity index (χ1v) is 7.69. The third-order valence-corrected chi connectivity index (χ3v) is 3.36. The van der Waals surface area contributed by atoms with Crippen molar-refractivity contribution in [1.82, 2.24) is 5.32 Å². The smallest absolute Gasteiger partial charge is 0.129 e. The van der Waals surface area contributed by atoms with Crippen LogP contribution in [0, 0.1) is 5.82 Å². The first-order chi connectivity index (χ1) is 9.96. The molecule has 0 spiro atoms. The highest BCUT2D eigenvalue weighted by atomic mass is 19.1. The van der Waals surface area contributed by atoms with E-state index >= 15 is 0 Å². The molecule has 2 rings (SSSR count). The minimum Gasteiger partial charge on any atom is -0.373 e. The van der Waals surface area contributed by atoms with Crippen molar-refractivity contribution < 1.29 is 13.9 Å². The molecule has 1 N–H and O–H groups in total. The third-order valence-electron chi connectivity index (χ3n) is 3.36. The molecule has 1 atom stereocenters. The van der Waals surface area contributed by atoms with Crippen LogP contribution in [0.25, 0.3) is 0 Å². The summed E-state index contributed by atoms with van der Waals surface area (Å²) >= 11 is 0. The van der Waals surface area contributed by atoms with Gasteiger partial charge in [0, 0.05) is 18.2 Å². The number of hydrogen-bond donors (Lipinski definition) is 1. The lowest BCUT2D eigenvalue weighted by Gasteiger charge is -2.22. The van der Waals surface area contributed by atoms with Gasteiger partial charge in [-0.25, -0.2) is 4.39 Å². The molecular weight excluding hydrogens is 269 g/mol. The van der Waals surface area contributed by atoms with E-state index in [1.807, 2.05) is 26.8 Å². The van der Waals surface area contributed by atoms with E-state index in [-0.39, 0.29) is 17.5 Å². The number of benzene rings is 1. The number of nitrogens with one attached hydrogen (secondary N) is 1. The van der Waals surface area contributed by atoms with Crippen molar-refractivity contribution in [2.24, 2.45) is 0 Å². The second kappa shape index (κ2) is 7.34. The van der Waals surface area contributed by atoms with Gasteiger partial charge in [0.1, 0.15) is 5.82 Å². The monoisotopic (exact) mass is 295 g/mol. The summed E-state index contributed by atoms with van der Waals surface area (Å²) in [5, 5.41) is 3.41. The molecular formula is C17H26FNO2. The highest BCUT2D eigenvalue weighted by Crippen LogP contribution is 2.23. The van der Waals surface area contributed by atoms with E-state index in [0.29, 0.717) is 31.4 Å². The van der Waals surface area contributed by atoms with Crippen LogP contribution in [0.3, 0.4) is 0 Å². The quantitative estimate of drug-likeness (QED) is 0.745. The number of hydrogen-bond acceptors (Lipinski definition) is 3. The predicted molar refractivity (Wildman–Crippen MR) is 81.8 cm³/mol. The molecule has 0 amide bonds. The molecule has 1 unspecified atom stereocenters. The first kappa shape index (κ1) is 16.4. The summed E-state index contributed by atoms with van der Waals surface area (Å²) in [7, 11) is 0. The lowest BCUT2D eigenvalue weighted by Crippen LogP contribution is -2.28. The molecule has 0 saturated heterocycles. The van der Waals surface area contributed by atoms with E-state index in [0.717, 1.165) is 0 Å². The Balaban J connectivity index is 1.87. The van der Waals surface area contributed by atoms with Crippen molar-refractivity contribution in [3.8, 4) is 0 Å². The number of rotatable bonds is 8. The summed E-state index contributed by atoms with van der Waals surface area (Å²) < 4.78 is 25.4. The standard InChI is InChI=1S/C17H26FNO2/c1-17(2,3)21-11-10-20-16(12-19-13-8-9-13)14-6-4-5-7-15(14)18/h4-7,13,16,19H,8-12H2,1-3H3. The fourth-order valence-electron chi connectivity index (χ4n) is 2.09. The van der Waals surface area contributed by atoms with Gasteiger partial charge in [-0.15, -0.1) is 0 Å². The number of ether oxygens (including phenoxy) is 2. The highest BCUT2D eigenvalue weighted by molar-refractivity contribution is 5.20. The zero-order valence-corrected chi connectivity index (χ0v) is 13.2. The molecule has 21 heavy (non-hydrogen) atoms. The van der Waals surface area contributed by atoms with Gasteiger partial charge in [0.2, 0.25) is 0 Å². The van der Waals surface area contributed by atoms with E-state index in [2.05, 4.69) is 5.32 Å². The lowest BCUT2D eigenvalue weighted by atomic mass is 10.1. The fourth-order valence-corrected chi connectivity index (χ4v) is 2.09. The minimum atomic E-state index is -0.268. The molecule has 0 radical (unpaired) electrons. The molecule has 0 aliphatic heterocycles. The summed E-state index contributed by atoms with van der Waals surface area (Å²) in [5.74, 6) is -0.211. The lowest BCUT2D eigenvalue weighted by molar-refractivity contribution is -0.0525. The van der Waals surface area contributed by atoms with Gasteiger partial charge in [-0.05, 0) is 39.7 Å². The van der Waals surface area contributed by atoms with Gasteiger partial charge < -0.3 is 14.8 Å². The van der Waals surface area contributed by atoms with E-state index in [9.17, 15) is 4.39 Å². The molecule has 4 heteroatoms. The van der Waals surface area contributed by atoms with Crippen molar-refractivity contribution in [3.63, 3.8) is 0 Å². The van der Waals surface area contributed by atoms with Crippen LogP contribution in [0.4, 0.5) is 4.39 Å². The van der Waals surface area contributed by atoms with Gasteiger partial charge in [0.15, 0.2) is 0 Å². The third kappa shape index (κ3) is 6.12. The van der Waals surface area contributed by atoms with Gasteiger partial charge in [0.25, 0.3) is 0 Å². The first-order valence-electron chi connectivity index (χ1n) is 7.69. The van der Waals surface area contributed by atoms with Crippen LogP contribution in [-0.2, 0) is 9.47 Å². The second-order valence-corrected chi connectivity index (χ2v) is 6.52. The van der Waals surface area contributed by atoms with Crippen LogP contribution in [-0.4, -0.2) is 31.4 Å². The Morgan fingerprint density at radius 2 is 1.95 bits per heavy atom. The van der Waals surface area contributed by atoms with Gasteiger partial charge in [-0.3, -0.25) is 0 Å². The molecule has 118 valence electrons. The number of halogens is 1. The molecule has 0 bridgehead atoms. The fraction of sp³-hybridized carbons (Fsp3) is 0.647. The molecule has 0 aromatic heterocycles. The zero-order chi connectivity index (χ0) is 15.3. The molecule has 1 aliphatic carbocycles. The average molecular weight is 295 g/mol. The van der Waals surface area contributed by atoms with Crippen molar-refractivity contribution >= 4 is 0 Å². The van der Waals surface area contributed by atoms with E-state index in [1.165, 1.54) is 18.9 Å². The maximum Gasteiger partial charge on any atom is 0.129 e. The van der Waals surface area contributed by atoms with Crippen LogP contribution < -0.4 is 5.32 Å². The van der Waals surface area contributed by atoms with Gasteiger partial charge >= 0.3 is 0 Å². The summed E-state index contributed by atoms with van der Waals surface area (Å²) in [6.07, 6.45) is 2.14. The predicted octanol–water partition coefficient (Wildman–Crippen LogP) is 3.45. The van der Waals surface area contributed by atoms with Crippen LogP contribution >= 0.6 is 0 Å². The maximum atomic E-state index is 13.9. The molecule has 3 nitrogen and oxygen atoms in total. The van der Waals surface area contributed by atoms with E-state index in [1.54, 1.807) is 12.1 Å². The Morgan fingerprint density at radius 3 is 2.57 bits per heavy atom. The van der Waals surface area contributed by atoms with Crippen LogP contribution in [0.5, 0.6) is 0 Å². The summed E-state index contributed by atoms with van der Waals surface area (Å²) in [4.78, 5) is 0. The van der Waals surface area contributed by atoms with Crippen molar-refractivity contribution in [3.05, 3.63) is 35.6 Å². The van der Waals surface area contributed by atoms with Gasteiger partial charge in [-0.1, -0.05) is 18.2 Å². The maximum absolute atomic E-state index is 13.9. The largest absolute Gasteiger partial charge is 0.373 e. The van der Waals surface area contributed by atoms with Gasteiger partial charge in [-0.2, -0.15) is 0 Å². The topological polar surface area (TPSA) is 30.5 Å². The van der Waals surface area contributed by atoms with Crippen LogP contribution in [0.15, 0.2) is 24.3 Å². The SMILES string of the molecule is CC(C)(C)OCCOC(CNC1CC1)c1ccccc1F. The normalized spacial score (nSPS) is 17.0. The Morgan fingerprint density at radius 1 is 1.24 bits per heavy atom. The zero-order valence-electron chi connectivity index (χ0n) is 13.2. The van der Waals surface area contributed by atoms with Crippen molar-refractivity contribution in [2.45, 2.75) is 51.4 Å². The van der Waals surface area contributed by atoms with E-state index < -0.39 is 0 Å². The Kier molecular flexibility index (Phi) is 5.73. The van der Waals surface area contributed by atoms with Gasteiger partial charge in [0.05, 0.1) is 24.9 Å². The highest BCUT2D eigenvalue weighted by Gasteiger charge is 2.24. The van der Waals surface area contributed by atoms with E-state index in [4.69, 9.17) is 9.47 Å². The van der Waals surface area contributed by atoms with Crippen molar-refractivity contribution in [2.75, 3.05) is 19.8 Å². The summed E-state index contributed by atoms with van der Waals surface area (Å²) in [6.45, 7) is 7.64. The Labute approximate surface area is 126 Å². The molecule has 1 aromatic carbocycles. The summed E-state index contributed by atoms with van der Waals surface area (Å²) in [5.41, 5.74) is 0.435. The van der Waals surface area contributed by atoms with Crippen LogP contribution in [0.1, 0.15) is 45.3 Å². The Bertz CT molecular complexity index is 441. The van der Waals surface area contributed by atoms with Crippen LogP contribution in [0.2, 0.25) is 0 Å². The van der Waals surface area contributed by atoms with Crippen molar-refractivity contribution in [1.29, 1.82) is 0 Å². The average Bonchev–Trinajstić information content (AvgIpc) is 3.22. The Hall–Kier alpha value is -0.970. The molecule has 1 saturated carbocycles. The molecule has 1 fully saturated rings. The molecule has 0 heterocycles. The molecule has 1 aliphatic rings. The molecule has 1 aromatic rings.